The summed E-state index contributed by atoms with van der Waals surface area (Å²) in [4.78, 5) is 12.1. The second-order valence-electron chi connectivity index (χ2n) is 4.53. The van der Waals surface area contributed by atoms with Gasteiger partial charge in [0, 0.05) is 7.05 Å². The molecule has 0 aliphatic rings. The van der Waals surface area contributed by atoms with E-state index in [1.165, 1.54) is 4.68 Å². The number of nitrogens with one attached hydrogen (secondary N) is 1. The summed E-state index contributed by atoms with van der Waals surface area (Å²) in [6, 6.07) is 2.73. The molecule has 0 radical (unpaired) electrons. The van der Waals surface area contributed by atoms with Gasteiger partial charge in [-0.1, -0.05) is 23.4 Å². The summed E-state index contributed by atoms with van der Waals surface area (Å²) in [5.74, 6) is -0.515. The Bertz CT molecular complexity index is 721. The average molecular weight is 366 g/mol. The average Bonchev–Trinajstić information content (AvgIpc) is 2.85. The van der Waals surface area contributed by atoms with Gasteiger partial charge >= 0.3 is 6.18 Å². The van der Waals surface area contributed by atoms with Gasteiger partial charge in [0.2, 0.25) is 11.1 Å². The molecule has 0 spiro atoms. The number of rotatable bonds is 4. The first-order valence-corrected chi connectivity index (χ1v) is 7.51. The normalized spacial score (nSPS) is 13.0. The van der Waals surface area contributed by atoms with Gasteiger partial charge in [-0.25, -0.2) is 4.68 Å². The van der Waals surface area contributed by atoms with Gasteiger partial charge in [0.15, 0.2) is 0 Å². The largest absolute Gasteiger partial charge is 0.416 e. The second-order valence-corrected chi connectivity index (χ2v) is 6.24. The zero-order chi connectivity index (χ0) is 17.2. The van der Waals surface area contributed by atoms with Gasteiger partial charge < -0.3 is 5.32 Å². The molecule has 1 atom stereocenters. The van der Waals surface area contributed by atoms with Crippen molar-refractivity contribution >= 4 is 35.0 Å². The van der Waals surface area contributed by atoms with E-state index in [4.69, 9.17) is 11.6 Å². The number of anilines is 1. The Morgan fingerprint density at radius 1 is 1.43 bits per heavy atom. The number of nitrogens with zero attached hydrogens (tertiary/aromatic N) is 4. The van der Waals surface area contributed by atoms with Crippen LogP contribution in [0.5, 0.6) is 0 Å². The lowest BCUT2D eigenvalue weighted by Crippen LogP contribution is -2.23. The molecule has 0 unspecified atom stereocenters. The number of aryl methyl sites for hydroxylation is 1. The van der Waals surface area contributed by atoms with Gasteiger partial charge in [-0.2, -0.15) is 13.2 Å². The predicted molar refractivity (Wildman–Crippen MR) is 79.2 cm³/mol. The summed E-state index contributed by atoms with van der Waals surface area (Å²) < 4.78 is 39.5. The molecular formula is C12H11ClF3N5OS. The van der Waals surface area contributed by atoms with Crippen LogP contribution in [0.3, 0.4) is 0 Å². The summed E-state index contributed by atoms with van der Waals surface area (Å²) >= 11 is 6.91. The van der Waals surface area contributed by atoms with Gasteiger partial charge in [0.05, 0.1) is 21.5 Å². The van der Waals surface area contributed by atoms with Crippen LogP contribution in [-0.4, -0.2) is 31.4 Å². The Hall–Kier alpha value is -1.81. The van der Waals surface area contributed by atoms with Crippen LogP contribution in [0.1, 0.15) is 12.5 Å². The molecule has 0 aliphatic carbocycles. The maximum Gasteiger partial charge on any atom is 0.416 e. The molecule has 0 fully saturated rings. The van der Waals surface area contributed by atoms with Crippen LogP contribution in [0.25, 0.3) is 0 Å². The van der Waals surface area contributed by atoms with Crippen molar-refractivity contribution in [2.45, 2.75) is 23.5 Å². The molecule has 0 bridgehead atoms. The van der Waals surface area contributed by atoms with Crippen LogP contribution < -0.4 is 5.32 Å². The molecule has 124 valence electrons. The Labute approximate surface area is 138 Å². The summed E-state index contributed by atoms with van der Waals surface area (Å²) in [5, 5.41) is 13.0. The first-order valence-electron chi connectivity index (χ1n) is 6.25. The van der Waals surface area contributed by atoms with E-state index >= 15 is 0 Å². The number of tetrazole rings is 1. The minimum absolute atomic E-state index is 0.0175. The van der Waals surface area contributed by atoms with E-state index in [-0.39, 0.29) is 10.7 Å². The highest BCUT2D eigenvalue weighted by molar-refractivity contribution is 8.00. The van der Waals surface area contributed by atoms with E-state index in [1.54, 1.807) is 14.0 Å². The van der Waals surface area contributed by atoms with Crippen LogP contribution in [0, 0.1) is 0 Å². The lowest BCUT2D eigenvalue weighted by Gasteiger charge is -2.14. The third-order valence-electron chi connectivity index (χ3n) is 2.78. The molecule has 6 nitrogen and oxygen atoms in total. The van der Waals surface area contributed by atoms with Crippen molar-refractivity contribution in [3.8, 4) is 0 Å². The molecule has 0 aliphatic heterocycles. The van der Waals surface area contributed by atoms with Crippen molar-refractivity contribution in [2.24, 2.45) is 7.05 Å². The van der Waals surface area contributed by atoms with Crippen LogP contribution in [-0.2, 0) is 18.0 Å². The third-order valence-corrected chi connectivity index (χ3v) is 4.24. The summed E-state index contributed by atoms with van der Waals surface area (Å²) in [6.07, 6.45) is -4.52. The number of benzene rings is 1. The molecule has 1 amide bonds. The Morgan fingerprint density at radius 2 is 2.13 bits per heavy atom. The highest BCUT2D eigenvalue weighted by atomic mass is 35.5. The van der Waals surface area contributed by atoms with Gasteiger partial charge in [-0.15, -0.1) is 5.10 Å². The number of thioether (sulfide) groups is 1. The zero-order valence-electron chi connectivity index (χ0n) is 11.9. The van der Waals surface area contributed by atoms with E-state index < -0.39 is 22.9 Å². The van der Waals surface area contributed by atoms with Crippen molar-refractivity contribution in [1.82, 2.24) is 20.2 Å². The van der Waals surface area contributed by atoms with E-state index in [0.717, 1.165) is 30.0 Å². The fraction of sp³-hybridized carbons (Fsp3) is 0.333. The fourth-order valence-electron chi connectivity index (χ4n) is 1.56. The molecular weight excluding hydrogens is 355 g/mol. The van der Waals surface area contributed by atoms with Gasteiger partial charge in [-0.3, -0.25) is 4.79 Å². The molecule has 1 N–H and O–H groups in total. The standard InChI is InChI=1S/C12H11ClF3N5OS/c1-6(23-11-18-19-20-21(11)2)10(22)17-9-5-7(12(14,15)16)3-4-8(9)13/h3-6H,1-2H3,(H,17,22)/t6-/m0/s1. The summed E-state index contributed by atoms with van der Waals surface area (Å²) in [6.45, 7) is 1.58. The number of halogens is 4. The van der Waals surface area contributed by atoms with Gasteiger partial charge in [0.25, 0.3) is 0 Å². The molecule has 0 saturated carbocycles. The number of amides is 1. The smallest absolute Gasteiger partial charge is 0.324 e. The predicted octanol–water partition coefficient (Wildman–Crippen LogP) is 3.00. The molecule has 2 aromatic rings. The zero-order valence-corrected chi connectivity index (χ0v) is 13.5. The molecule has 0 saturated heterocycles. The summed E-state index contributed by atoms with van der Waals surface area (Å²) in [7, 11) is 1.61. The molecule has 2 rings (SSSR count). The quantitative estimate of drug-likeness (QED) is 0.843. The van der Waals surface area contributed by atoms with Crippen molar-refractivity contribution in [3.05, 3.63) is 28.8 Å². The van der Waals surface area contributed by atoms with E-state index in [1.807, 2.05) is 0 Å². The number of hydrogen-bond donors (Lipinski definition) is 1. The topological polar surface area (TPSA) is 72.7 Å². The third kappa shape index (κ3) is 4.35. The van der Waals surface area contributed by atoms with Crippen molar-refractivity contribution in [2.75, 3.05) is 5.32 Å². The number of alkyl halides is 3. The maximum absolute atomic E-state index is 12.7. The van der Waals surface area contributed by atoms with Crippen molar-refractivity contribution in [3.63, 3.8) is 0 Å². The van der Waals surface area contributed by atoms with Crippen molar-refractivity contribution in [1.29, 1.82) is 0 Å². The molecule has 1 aromatic heterocycles. The summed E-state index contributed by atoms with van der Waals surface area (Å²) in [5.41, 5.74) is -0.995. The Morgan fingerprint density at radius 3 is 2.70 bits per heavy atom. The lowest BCUT2D eigenvalue weighted by atomic mass is 10.2. The second kappa shape index (κ2) is 6.75. The van der Waals surface area contributed by atoms with Crippen LogP contribution >= 0.6 is 23.4 Å². The number of carbonyl (C=O) groups is 1. The first-order chi connectivity index (χ1) is 10.7. The minimum atomic E-state index is -4.52. The van der Waals surface area contributed by atoms with Crippen LogP contribution in [0.2, 0.25) is 5.02 Å². The number of hydrogen-bond acceptors (Lipinski definition) is 5. The molecule has 1 aromatic carbocycles. The van der Waals surface area contributed by atoms with Gasteiger partial charge in [-0.05, 0) is 35.5 Å². The van der Waals surface area contributed by atoms with E-state index in [9.17, 15) is 18.0 Å². The fourth-order valence-corrected chi connectivity index (χ4v) is 2.48. The molecule has 11 heteroatoms. The molecule has 1 heterocycles. The van der Waals surface area contributed by atoms with Crippen molar-refractivity contribution < 1.29 is 18.0 Å². The first kappa shape index (κ1) is 17.5. The van der Waals surface area contributed by atoms with E-state index in [0.29, 0.717) is 5.16 Å². The molecule has 23 heavy (non-hydrogen) atoms. The number of carbonyl (C=O) groups excluding carboxylic acids is 1. The monoisotopic (exact) mass is 365 g/mol. The number of aromatic nitrogens is 4. The maximum atomic E-state index is 12.7. The van der Waals surface area contributed by atoms with Crippen LogP contribution in [0.4, 0.5) is 18.9 Å². The highest BCUT2D eigenvalue weighted by Gasteiger charge is 2.31. The Balaban J connectivity index is 2.12. The highest BCUT2D eigenvalue weighted by Crippen LogP contribution is 2.34. The lowest BCUT2D eigenvalue weighted by molar-refractivity contribution is -0.137. The van der Waals surface area contributed by atoms with E-state index in [2.05, 4.69) is 20.8 Å². The minimum Gasteiger partial charge on any atom is -0.324 e. The van der Waals surface area contributed by atoms with Gasteiger partial charge in [0.1, 0.15) is 0 Å². The van der Waals surface area contributed by atoms with Crippen LogP contribution in [0.15, 0.2) is 23.4 Å². The Kier molecular flexibility index (Phi) is 5.15. The SMILES string of the molecule is C[C@H](Sc1nnnn1C)C(=O)Nc1cc(C(F)(F)F)ccc1Cl.